The number of rotatable bonds is 10. The maximum Gasteiger partial charge on any atom is 0.355 e. The Balaban J connectivity index is 1.30. The first kappa shape index (κ1) is 30.2. The number of carbonyl (C=O) groups excluding carboxylic acids is 2. The number of nitrogens with one attached hydrogen (secondary N) is 2. The van der Waals surface area contributed by atoms with Crippen molar-refractivity contribution in [1.29, 1.82) is 0 Å². The molecule has 214 valence electrons. The van der Waals surface area contributed by atoms with Crippen LogP contribution in [0.5, 0.6) is 5.75 Å². The first-order valence-corrected chi connectivity index (χ1v) is 14.5. The molecule has 0 aliphatic heterocycles. The van der Waals surface area contributed by atoms with Gasteiger partial charge < -0.3 is 15.2 Å². The summed E-state index contributed by atoms with van der Waals surface area (Å²) in [5.41, 5.74) is 1.77. The standard InChI is InChI=1S/C25H23Cl2N7O5S2/c1-25(2,3)13-4-7-19(16(27)8-13)34-24(31-32-33-34)41-12-21(36)28-17-6-5-14(9-15(17)26)39-10-20(35)30-23-29-18(11-40-23)22(37)38/h4-9,11H,10,12H2,1-3H3,(H,28,36)(H,37,38)(H,29,30,35). The summed E-state index contributed by atoms with van der Waals surface area (Å²) in [5.74, 6) is -1.79. The van der Waals surface area contributed by atoms with Gasteiger partial charge in [0.15, 0.2) is 17.4 Å². The molecule has 16 heteroatoms. The average molecular weight is 637 g/mol. The molecule has 0 fully saturated rings. The van der Waals surface area contributed by atoms with Gasteiger partial charge in [-0.05, 0) is 45.7 Å². The third-order valence-corrected chi connectivity index (χ3v) is 7.66. The molecular weight excluding hydrogens is 613 g/mol. The Hall–Kier alpha value is -3.72. The summed E-state index contributed by atoms with van der Waals surface area (Å²) in [5, 5.41) is 28.3. The monoisotopic (exact) mass is 635 g/mol. The number of hydrogen-bond donors (Lipinski definition) is 3. The second-order valence-electron chi connectivity index (χ2n) is 9.45. The van der Waals surface area contributed by atoms with Gasteiger partial charge in [-0.2, -0.15) is 4.68 Å². The highest BCUT2D eigenvalue weighted by atomic mass is 35.5. The number of carbonyl (C=O) groups is 3. The summed E-state index contributed by atoms with van der Waals surface area (Å²) in [7, 11) is 0. The van der Waals surface area contributed by atoms with E-state index in [0.717, 1.165) is 28.7 Å². The van der Waals surface area contributed by atoms with Crippen LogP contribution in [0.3, 0.4) is 0 Å². The van der Waals surface area contributed by atoms with E-state index in [1.165, 1.54) is 22.2 Å². The topological polar surface area (TPSA) is 161 Å². The van der Waals surface area contributed by atoms with Gasteiger partial charge in [-0.1, -0.05) is 61.8 Å². The first-order chi connectivity index (χ1) is 19.4. The van der Waals surface area contributed by atoms with Crippen LogP contribution >= 0.6 is 46.3 Å². The van der Waals surface area contributed by atoms with Crippen LogP contribution in [0.1, 0.15) is 36.8 Å². The smallest absolute Gasteiger partial charge is 0.355 e. The highest BCUT2D eigenvalue weighted by Crippen LogP contribution is 2.31. The van der Waals surface area contributed by atoms with Crippen molar-refractivity contribution in [2.24, 2.45) is 0 Å². The molecule has 0 bridgehead atoms. The lowest BCUT2D eigenvalue weighted by Gasteiger charge is -2.20. The Bertz CT molecular complexity index is 1600. The molecule has 3 N–H and O–H groups in total. The number of benzene rings is 2. The summed E-state index contributed by atoms with van der Waals surface area (Å²) >= 11 is 14.9. The number of halogens is 2. The molecule has 12 nitrogen and oxygen atoms in total. The SMILES string of the molecule is CC(C)(C)c1ccc(-n2nnnc2SCC(=O)Nc2ccc(OCC(=O)Nc3nc(C(=O)O)cs3)cc2Cl)c(Cl)c1. The molecule has 2 aromatic carbocycles. The normalized spacial score (nSPS) is 11.2. The fourth-order valence-electron chi connectivity index (χ4n) is 3.30. The van der Waals surface area contributed by atoms with Crippen LogP contribution in [0.25, 0.3) is 5.69 Å². The van der Waals surface area contributed by atoms with E-state index in [9.17, 15) is 14.4 Å². The molecule has 0 aliphatic rings. The predicted molar refractivity (Wildman–Crippen MR) is 157 cm³/mol. The molecule has 41 heavy (non-hydrogen) atoms. The highest BCUT2D eigenvalue weighted by Gasteiger charge is 2.19. The van der Waals surface area contributed by atoms with Crippen molar-refractivity contribution in [2.45, 2.75) is 31.3 Å². The molecule has 2 aromatic heterocycles. The van der Waals surface area contributed by atoms with E-state index < -0.39 is 11.9 Å². The average Bonchev–Trinajstić information content (AvgIpc) is 3.57. The molecule has 0 unspecified atom stereocenters. The molecule has 0 saturated heterocycles. The van der Waals surface area contributed by atoms with Crippen LogP contribution in [0.2, 0.25) is 10.0 Å². The summed E-state index contributed by atoms with van der Waals surface area (Å²) in [6.07, 6.45) is 0. The summed E-state index contributed by atoms with van der Waals surface area (Å²) in [6, 6.07) is 10.2. The quantitative estimate of drug-likeness (QED) is 0.198. The van der Waals surface area contributed by atoms with E-state index in [4.69, 9.17) is 33.0 Å². The van der Waals surface area contributed by atoms with E-state index >= 15 is 0 Å². The molecule has 4 aromatic rings. The number of carboxylic acids is 1. The lowest BCUT2D eigenvalue weighted by atomic mass is 9.87. The van der Waals surface area contributed by atoms with Crippen LogP contribution in [-0.2, 0) is 15.0 Å². The Morgan fingerprint density at radius 2 is 1.85 bits per heavy atom. The van der Waals surface area contributed by atoms with Crippen LogP contribution < -0.4 is 15.4 Å². The number of amides is 2. The minimum absolute atomic E-state index is 0.00678. The zero-order valence-electron chi connectivity index (χ0n) is 21.8. The molecule has 2 heterocycles. The number of tetrazole rings is 1. The van der Waals surface area contributed by atoms with Gasteiger partial charge in [-0.15, -0.1) is 16.4 Å². The number of thiazole rings is 1. The zero-order chi connectivity index (χ0) is 29.7. The van der Waals surface area contributed by atoms with Gasteiger partial charge in [-0.25, -0.2) is 9.78 Å². The van der Waals surface area contributed by atoms with Gasteiger partial charge in [0, 0.05) is 11.4 Å². The van der Waals surface area contributed by atoms with Crippen molar-refractivity contribution in [3.8, 4) is 11.4 Å². The Morgan fingerprint density at radius 3 is 2.51 bits per heavy atom. The van der Waals surface area contributed by atoms with E-state index in [0.29, 0.717) is 21.6 Å². The molecular formula is C25H23Cl2N7O5S2. The Morgan fingerprint density at radius 1 is 1.07 bits per heavy atom. The lowest BCUT2D eigenvalue weighted by molar-refractivity contribution is -0.118. The first-order valence-electron chi connectivity index (χ1n) is 11.8. The third kappa shape index (κ3) is 7.94. The van der Waals surface area contributed by atoms with Crippen molar-refractivity contribution >= 4 is 74.9 Å². The zero-order valence-corrected chi connectivity index (χ0v) is 25.0. The molecule has 0 atom stereocenters. The second-order valence-corrected chi connectivity index (χ2v) is 12.1. The van der Waals surface area contributed by atoms with E-state index in [1.54, 1.807) is 6.07 Å². The predicted octanol–water partition coefficient (Wildman–Crippen LogP) is 5.17. The molecule has 0 spiro atoms. The molecule has 4 rings (SSSR count). The van der Waals surface area contributed by atoms with E-state index in [-0.39, 0.29) is 45.3 Å². The largest absolute Gasteiger partial charge is 0.484 e. The van der Waals surface area contributed by atoms with Crippen molar-refractivity contribution in [2.75, 3.05) is 23.0 Å². The minimum atomic E-state index is -1.19. The number of aromatic carboxylic acids is 1. The number of aromatic nitrogens is 5. The molecule has 0 saturated carbocycles. The van der Waals surface area contributed by atoms with E-state index in [1.807, 2.05) is 18.2 Å². The molecule has 2 amide bonds. The number of hydrogen-bond acceptors (Lipinski definition) is 10. The fourth-order valence-corrected chi connectivity index (χ4v) is 5.17. The fraction of sp³-hybridized carbons (Fsp3) is 0.240. The summed E-state index contributed by atoms with van der Waals surface area (Å²) in [6.45, 7) is 5.91. The van der Waals surface area contributed by atoms with E-state index in [2.05, 4.69) is 51.9 Å². The second kappa shape index (κ2) is 12.9. The van der Waals surface area contributed by atoms with Crippen molar-refractivity contribution in [1.82, 2.24) is 25.2 Å². The van der Waals surface area contributed by atoms with Gasteiger partial charge >= 0.3 is 5.97 Å². The van der Waals surface area contributed by atoms with Crippen LogP contribution in [0.4, 0.5) is 10.8 Å². The van der Waals surface area contributed by atoms with Gasteiger partial charge in [0.05, 0.1) is 27.2 Å². The van der Waals surface area contributed by atoms with Gasteiger partial charge in [0.2, 0.25) is 11.1 Å². The van der Waals surface area contributed by atoms with Crippen molar-refractivity contribution < 1.29 is 24.2 Å². The summed E-state index contributed by atoms with van der Waals surface area (Å²) < 4.78 is 6.91. The third-order valence-electron chi connectivity index (χ3n) is 5.37. The number of carboxylic acid groups (broad SMARTS) is 1. The maximum absolute atomic E-state index is 12.6. The number of nitrogens with zero attached hydrogens (tertiary/aromatic N) is 5. The van der Waals surface area contributed by atoms with Crippen molar-refractivity contribution in [3.63, 3.8) is 0 Å². The van der Waals surface area contributed by atoms with Gasteiger partial charge in [-0.3, -0.25) is 14.9 Å². The number of anilines is 2. The molecule has 0 radical (unpaired) electrons. The minimum Gasteiger partial charge on any atom is -0.484 e. The van der Waals surface area contributed by atoms with Crippen molar-refractivity contribution in [3.05, 3.63) is 63.1 Å². The summed E-state index contributed by atoms with van der Waals surface area (Å²) in [4.78, 5) is 39.4. The van der Waals surface area contributed by atoms with Crippen LogP contribution in [0, 0.1) is 0 Å². The Labute approximate surface area is 252 Å². The highest BCUT2D eigenvalue weighted by molar-refractivity contribution is 7.99. The Kier molecular flexibility index (Phi) is 9.48. The van der Waals surface area contributed by atoms with Gasteiger partial charge in [0.1, 0.15) is 5.75 Å². The number of thioether (sulfide) groups is 1. The van der Waals surface area contributed by atoms with Gasteiger partial charge in [0.25, 0.3) is 5.91 Å². The number of ether oxygens (including phenoxy) is 1. The van der Waals surface area contributed by atoms with Crippen LogP contribution in [0.15, 0.2) is 46.9 Å². The maximum atomic E-state index is 12.6. The lowest BCUT2D eigenvalue weighted by Crippen LogP contribution is -2.20. The van der Waals surface area contributed by atoms with Crippen LogP contribution in [-0.4, -0.2) is 60.4 Å². The molecule has 0 aliphatic carbocycles.